The van der Waals surface area contributed by atoms with Crippen LogP contribution in [0.3, 0.4) is 0 Å². The van der Waals surface area contributed by atoms with E-state index in [-0.39, 0.29) is 10.9 Å². The first-order valence-electron chi connectivity index (χ1n) is 9.07. The van der Waals surface area contributed by atoms with Crippen LogP contribution >= 0.6 is 0 Å². The molecule has 1 aromatic heterocycles. The number of nitriles is 1. The van der Waals surface area contributed by atoms with Crippen molar-refractivity contribution in [1.29, 1.82) is 5.26 Å². The highest BCUT2D eigenvalue weighted by Gasteiger charge is 2.14. The van der Waals surface area contributed by atoms with E-state index in [9.17, 15) is 9.18 Å². The van der Waals surface area contributed by atoms with Crippen molar-refractivity contribution >= 4 is 23.1 Å². The molecule has 0 aliphatic heterocycles. The van der Waals surface area contributed by atoms with Crippen molar-refractivity contribution in [3.8, 4) is 24.1 Å². The highest BCUT2D eigenvalue weighted by atomic mass is 19.1. The molecule has 0 amide bonds. The Kier molecular flexibility index (Phi) is 4.95. The predicted molar refractivity (Wildman–Crippen MR) is 115 cm³/mol. The van der Waals surface area contributed by atoms with Crippen LogP contribution in [0.15, 0.2) is 71.5 Å². The van der Waals surface area contributed by atoms with Crippen molar-refractivity contribution in [2.24, 2.45) is 0 Å². The zero-order chi connectivity index (χ0) is 21.1. The topological polar surface area (TPSA) is 58.7 Å². The van der Waals surface area contributed by atoms with E-state index in [1.165, 1.54) is 16.7 Å². The maximum Gasteiger partial charge on any atom is 0.269 e. The van der Waals surface area contributed by atoms with E-state index in [2.05, 4.69) is 17.0 Å². The first-order chi connectivity index (χ1) is 14.6. The summed E-state index contributed by atoms with van der Waals surface area (Å²) in [5.74, 6) is 2.24. The zero-order valence-corrected chi connectivity index (χ0v) is 15.7. The van der Waals surface area contributed by atoms with Crippen molar-refractivity contribution in [3.63, 3.8) is 0 Å². The van der Waals surface area contributed by atoms with E-state index in [1.54, 1.807) is 66.7 Å². The molecular formula is C25H14FN3O. The number of terminal acetylenes is 1. The summed E-state index contributed by atoms with van der Waals surface area (Å²) in [6, 6.07) is 20.3. The summed E-state index contributed by atoms with van der Waals surface area (Å²) < 4.78 is 15.8. The first kappa shape index (κ1) is 18.9. The third kappa shape index (κ3) is 3.48. The van der Waals surface area contributed by atoms with Crippen LogP contribution < -0.4 is 5.56 Å². The second kappa shape index (κ2) is 7.87. The number of aromatic nitrogens is 2. The van der Waals surface area contributed by atoms with E-state index in [4.69, 9.17) is 11.7 Å². The number of rotatable bonds is 3. The van der Waals surface area contributed by atoms with Gasteiger partial charge in [-0.15, -0.1) is 6.42 Å². The molecule has 0 fully saturated rings. The molecule has 1 heterocycles. The van der Waals surface area contributed by atoms with Gasteiger partial charge >= 0.3 is 0 Å². The van der Waals surface area contributed by atoms with Gasteiger partial charge in [-0.1, -0.05) is 36.3 Å². The molecule has 0 spiro atoms. The van der Waals surface area contributed by atoms with Crippen LogP contribution in [0.4, 0.5) is 4.39 Å². The second-order valence-corrected chi connectivity index (χ2v) is 6.51. The normalized spacial score (nSPS) is 10.8. The summed E-state index contributed by atoms with van der Waals surface area (Å²) in [6.07, 6.45) is 8.95. The van der Waals surface area contributed by atoms with Gasteiger partial charge in [-0.05, 0) is 54.1 Å². The molecule has 142 valence electrons. The number of halogens is 1. The lowest BCUT2D eigenvalue weighted by atomic mass is 10.1. The Morgan fingerprint density at radius 2 is 1.77 bits per heavy atom. The molecular weight excluding hydrogens is 377 g/mol. The molecule has 0 unspecified atom stereocenters. The Labute approximate surface area is 172 Å². The van der Waals surface area contributed by atoms with Gasteiger partial charge in [-0.2, -0.15) is 5.26 Å². The van der Waals surface area contributed by atoms with Crippen molar-refractivity contribution in [2.75, 3.05) is 0 Å². The van der Waals surface area contributed by atoms with Crippen LogP contribution in [0.1, 0.15) is 22.5 Å². The number of hydrogen-bond acceptors (Lipinski definition) is 3. The molecule has 4 nitrogen and oxygen atoms in total. The van der Waals surface area contributed by atoms with Crippen LogP contribution in [0, 0.1) is 29.5 Å². The third-order valence-electron chi connectivity index (χ3n) is 4.61. The average Bonchev–Trinajstić information content (AvgIpc) is 2.78. The molecule has 0 radical (unpaired) electrons. The quantitative estimate of drug-likeness (QED) is 0.482. The monoisotopic (exact) mass is 391 g/mol. The van der Waals surface area contributed by atoms with E-state index >= 15 is 0 Å². The van der Waals surface area contributed by atoms with Gasteiger partial charge in [-0.25, -0.2) is 9.37 Å². The maximum atomic E-state index is 14.4. The molecule has 4 rings (SSSR count). The standard InChI is InChI=1S/C25H14FN3O/c1-2-17-5-3-6-20(15-17)29-23(14-13-18-9-11-19(16-27)12-10-18)28-22-8-4-7-21(26)24(22)25(29)30/h1,3-15H/b14-13+. The second-order valence-electron chi connectivity index (χ2n) is 6.51. The third-order valence-corrected chi connectivity index (χ3v) is 4.61. The van der Waals surface area contributed by atoms with E-state index in [0.717, 1.165) is 5.56 Å². The minimum absolute atomic E-state index is 0.0841. The van der Waals surface area contributed by atoms with Crippen molar-refractivity contribution in [2.45, 2.75) is 0 Å². The minimum atomic E-state index is -0.630. The predicted octanol–water partition coefficient (Wildman–Crippen LogP) is 4.55. The van der Waals surface area contributed by atoms with E-state index in [0.29, 0.717) is 22.6 Å². The van der Waals surface area contributed by atoms with Gasteiger partial charge in [0.05, 0.1) is 22.8 Å². The molecule has 0 saturated carbocycles. The minimum Gasteiger partial charge on any atom is -0.268 e. The van der Waals surface area contributed by atoms with Gasteiger partial charge in [-0.3, -0.25) is 9.36 Å². The smallest absolute Gasteiger partial charge is 0.268 e. The summed E-state index contributed by atoms with van der Waals surface area (Å²) in [7, 11) is 0. The fourth-order valence-corrected chi connectivity index (χ4v) is 3.14. The van der Waals surface area contributed by atoms with Gasteiger partial charge < -0.3 is 0 Å². The van der Waals surface area contributed by atoms with Crippen molar-refractivity contribution < 1.29 is 4.39 Å². The average molecular weight is 391 g/mol. The molecule has 0 aliphatic rings. The Hall–Kier alpha value is -4.48. The molecule has 0 atom stereocenters. The Balaban J connectivity index is 1.95. The van der Waals surface area contributed by atoms with Gasteiger partial charge in [0, 0.05) is 5.56 Å². The van der Waals surface area contributed by atoms with E-state index < -0.39 is 11.4 Å². The lowest BCUT2D eigenvalue weighted by molar-refractivity contribution is 0.637. The molecule has 0 aliphatic carbocycles. The van der Waals surface area contributed by atoms with Crippen LogP contribution in [-0.2, 0) is 0 Å². The van der Waals surface area contributed by atoms with Crippen LogP contribution in [0.2, 0.25) is 0 Å². The SMILES string of the molecule is C#Cc1cccc(-n2c(/C=C/c3ccc(C#N)cc3)nc3cccc(F)c3c2=O)c1. The molecule has 3 aromatic carbocycles. The summed E-state index contributed by atoms with van der Waals surface area (Å²) in [5, 5.41) is 8.85. The van der Waals surface area contributed by atoms with Crippen molar-refractivity contribution in [1.82, 2.24) is 9.55 Å². The molecule has 0 bridgehead atoms. The Morgan fingerprint density at radius 3 is 2.50 bits per heavy atom. The number of fused-ring (bicyclic) bond motifs is 1. The number of hydrogen-bond donors (Lipinski definition) is 0. The fourth-order valence-electron chi connectivity index (χ4n) is 3.14. The fraction of sp³-hybridized carbons (Fsp3) is 0. The summed E-state index contributed by atoms with van der Waals surface area (Å²) in [5.41, 5.74) is 2.21. The largest absolute Gasteiger partial charge is 0.269 e. The van der Waals surface area contributed by atoms with Gasteiger partial charge in [0.2, 0.25) is 0 Å². The first-order valence-corrected chi connectivity index (χ1v) is 9.07. The number of nitrogens with zero attached hydrogens (tertiary/aromatic N) is 3. The summed E-state index contributed by atoms with van der Waals surface area (Å²) >= 11 is 0. The van der Waals surface area contributed by atoms with Gasteiger partial charge in [0.25, 0.3) is 5.56 Å². The molecule has 0 N–H and O–H groups in total. The molecule has 4 aromatic rings. The molecule has 0 saturated heterocycles. The summed E-state index contributed by atoms with van der Waals surface area (Å²) in [4.78, 5) is 17.7. The van der Waals surface area contributed by atoms with Gasteiger partial charge in [0.1, 0.15) is 17.0 Å². The highest BCUT2D eigenvalue weighted by molar-refractivity contribution is 5.80. The van der Waals surface area contributed by atoms with Crippen LogP contribution in [0.5, 0.6) is 0 Å². The lowest BCUT2D eigenvalue weighted by Gasteiger charge is -2.12. The Morgan fingerprint density at radius 1 is 1.00 bits per heavy atom. The maximum absolute atomic E-state index is 14.4. The summed E-state index contributed by atoms with van der Waals surface area (Å²) in [6.45, 7) is 0. The zero-order valence-electron chi connectivity index (χ0n) is 15.7. The Bertz CT molecular complexity index is 1430. The van der Waals surface area contributed by atoms with Gasteiger partial charge in [0.15, 0.2) is 0 Å². The van der Waals surface area contributed by atoms with E-state index in [1.807, 2.05) is 0 Å². The molecule has 5 heteroatoms. The number of benzene rings is 3. The van der Waals surface area contributed by atoms with Crippen molar-refractivity contribution in [3.05, 3.63) is 105 Å². The van der Waals surface area contributed by atoms with Crippen LogP contribution in [0.25, 0.3) is 28.7 Å². The highest BCUT2D eigenvalue weighted by Crippen LogP contribution is 2.18. The molecule has 30 heavy (non-hydrogen) atoms. The lowest BCUT2D eigenvalue weighted by Crippen LogP contribution is -2.23. The van der Waals surface area contributed by atoms with Crippen LogP contribution in [-0.4, -0.2) is 9.55 Å².